The zero-order chi connectivity index (χ0) is 25.3. The largest absolute Gasteiger partial charge is 0.546 e. The van der Waals surface area contributed by atoms with Crippen LogP contribution in [0.5, 0.6) is 0 Å². The molecular weight excluding hydrogens is 469 g/mol. The van der Waals surface area contributed by atoms with Crippen molar-refractivity contribution in [2.45, 2.75) is 124 Å². The van der Waals surface area contributed by atoms with E-state index in [-0.39, 0.29) is 11.5 Å². The Morgan fingerprint density at radius 3 is 2.06 bits per heavy atom. The van der Waals surface area contributed by atoms with Crippen molar-refractivity contribution in [2.24, 2.45) is 28.6 Å². The third-order valence-corrected chi connectivity index (χ3v) is 11.8. The number of fused-ring (bicyclic) bond motifs is 5. The number of rotatable bonds is 6. The first kappa shape index (κ1) is 26.9. The maximum Gasteiger partial charge on any atom is 0.241 e. The highest BCUT2D eigenvalue weighted by atomic mass is 28.4. The van der Waals surface area contributed by atoms with Crippen LogP contribution >= 0.6 is 0 Å². The standard InChI is InChI=1S/C28H52O3Si3/c1-27-16-14-21(29-32(3,4)5)18-20(27)12-13-22-23(27)15-17-28(2)24(22)19-25(30-33(6,7)8)26(28)31-34(9,10)11/h12,19,21-24,26H,13-18H2,1-11H3. The van der Waals surface area contributed by atoms with Gasteiger partial charge in [-0.3, -0.25) is 0 Å². The topological polar surface area (TPSA) is 27.7 Å². The molecule has 0 aromatic heterocycles. The fourth-order valence-corrected chi connectivity index (χ4v) is 10.9. The summed E-state index contributed by atoms with van der Waals surface area (Å²) in [6.07, 6.45) is 13.2. The van der Waals surface area contributed by atoms with Crippen LogP contribution in [0.15, 0.2) is 23.5 Å². The quantitative estimate of drug-likeness (QED) is 0.260. The minimum Gasteiger partial charge on any atom is -0.546 e. The predicted molar refractivity (Wildman–Crippen MR) is 151 cm³/mol. The van der Waals surface area contributed by atoms with E-state index in [0.29, 0.717) is 23.4 Å². The second kappa shape index (κ2) is 8.71. The van der Waals surface area contributed by atoms with Gasteiger partial charge in [-0.15, -0.1) is 0 Å². The Morgan fingerprint density at radius 1 is 0.824 bits per heavy atom. The molecule has 0 aromatic carbocycles. The van der Waals surface area contributed by atoms with E-state index in [1.54, 1.807) is 5.57 Å². The summed E-state index contributed by atoms with van der Waals surface area (Å²) in [5.74, 6) is 3.22. The van der Waals surface area contributed by atoms with E-state index in [9.17, 15) is 0 Å². The van der Waals surface area contributed by atoms with Gasteiger partial charge in [0.2, 0.25) is 8.32 Å². The molecule has 0 heterocycles. The van der Waals surface area contributed by atoms with Gasteiger partial charge in [-0.05, 0) is 127 Å². The summed E-state index contributed by atoms with van der Waals surface area (Å²) in [6, 6.07) is 0. The number of hydrogen-bond acceptors (Lipinski definition) is 3. The molecule has 7 unspecified atom stereocenters. The lowest BCUT2D eigenvalue weighted by molar-refractivity contribution is -0.0631. The van der Waals surface area contributed by atoms with E-state index < -0.39 is 25.0 Å². The minimum absolute atomic E-state index is 0.135. The van der Waals surface area contributed by atoms with Gasteiger partial charge in [0.15, 0.2) is 16.6 Å². The molecule has 0 spiro atoms. The van der Waals surface area contributed by atoms with Crippen LogP contribution in [-0.4, -0.2) is 37.2 Å². The van der Waals surface area contributed by atoms with Crippen LogP contribution in [-0.2, 0) is 13.3 Å². The highest BCUT2D eigenvalue weighted by Crippen LogP contribution is 2.65. The highest BCUT2D eigenvalue weighted by molar-refractivity contribution is 6.70. The van der Waals surface area contributed by atoms with Crippen LogP contribution in [0.1, 0.15) is 52.4 Å². The van der Waals surface area contributed by atoms with Crippen LogP contribution in [0.2, 0.25) is 58.9 Å². The molecule has 4 aliphatic rings. The van der Waals surface area contributed by atoms with Crippen LogP contribution in [0.3, 0.4) is 0 Å². The van der Waals surface area contributed by atoms with E-state index in [4.69, 9.17) is 13.3 Å². The van der Waals surface area contributed by atoms with E-state index in [1.807, 2.05) is 0 Å². The van der Waals surface area contributed by atoms with E-state index in [1.165, 1.54) is 37.9 Å². The van der Waals surface area contributed by atoms with Gasteiger partial charge in [0, 0.05) is 11.5 Å². The molecule has 7 atom stereocenters. The molecule has 3 nitrogen and oxygen atoms in total. The average Bonchev–Trinajstić information content (AvgIpc) is 2.90. The fourth-order valence-electron chi connectivity index (χ4n) is 7.71. The molecule has 4 aliphatic carbocycles. The maximum atomic E-state index is 6.94. The third kappa shape index (κ3) is 5.27. The molecule has 0 radical (unpaired) electrons. The Morgan fingerprint density at radius 2 is 1.47 bits per heavy atom. The van der Waals surface area contributed by atoms with Crippen molar-refractivity contribution in [3.8, 4) is 0 Å². The van der Waals surface area contributed by atoms with Crippen molar-refractivity contribution >= 4 is 25.0 Å². The second-order valence-electron chi connectivity index (χ2n) is 15.2. The summed E-state index contributed by atoms with van der Waals surface area (Å²) in [5.41, 5.74) is 2.22. The lowest BCUT2D eigenvalue weighted by Gasteiger charge is -2.58. The monoisotopic (exact) mass is 520 g/mol. The van der Waals surface area contributed by atoms with Crippen LogP contribution in [0.4, 0.5) is 0 Å². The van der Waals surface area contributed by atoms with Crippen molar-refractivity contribution in [1.82, 2.24) is 0 Å². The van der Waals surface area contributed by atoms with Crippen LogP contribution in [0, 0.1) is 28.6 Å². The van der Waals surface area contributed by atoms with Gasteiger partial charge in [-0.25, -0.2) is 0 Å². The molecule has 34 heavy (non-hydrogen) atoms. The molecule has 2 saturated carbocycles. The van der Waals surface area contributed by atoms with Crippen molar-refractivity contribution in [2.75, 3.05) is 0 Å². The molecule has 4 rings (SSSR count). The second-order valence-corrected chi connectivity index (χ2v) is 28.6. The van der Waals surface area contributed by atoms with Gasteiger partial charge >= 0.3 is 0 Å². The van der Waals surface area contributed by atoms with Crippen molar-refractivity contribution in [1.29, 1.82) is 0 Å². The first-order chi connectivity index (χ1) is 15.4. The van der Waals surface area contributed by atoms with Crippen molar-refractivity contribution in [3.05, 3.63) is 23.5 Å². The van der Waals surface area contributed by atoms with Gasteiger partial charge in [0.25, 0.3) is 0 Å². The number of hydrogen-bond donors (Lipinski definition) is 0. The zero-order valence-electron chi connectivity index (χ0n) is 24.0. The van der Waals surface area contributed by atoms with Gasteiger partial charge in [0.1, 0.15) is 11.9 Å². The van der Waals surface area contributed by atoms with Gasteiger partial charge in [0.05, 0.1) is 0 Å². The molecule has 6 heteroatoms. The molecule has 0 aromatic rings. The lowest BCUT2D eigenvalue weighted by atomic mass is 9.48. The van der Waals surface area contributed by atoms with Gasteiger partial charge in [-0.2, -0.15) is 0 Å². The Kier molecular flexibility index (Phi) is 6.89. The smallest absolute Gasteiger partial charge is 0.241 e. The van der Waals surface area contributed by atoms with Crippen molar-refractivity contribution < 1.29 is 13.3 Å². The minimum atomic E-state index is -1.71. The van der Waals surface area contributed by atoms with Crippen LogP contribution in [0.25, 0.3) is 0 Å². The summed E-state index contributed by atoms with van der Waals surface area (Å²) in [5, 5.41) is 0. The Balaban J connectivity index is 1.63. The SMILES string of the molecule is CC12CCC(O[Si](C)(C)C)CC1=CCC1C2CCC2(C)C(O[Si](C)(C)C)C(O[Si](C)(C)C)=CC12. The molecule has 194 valence electrons. The Hall–Kier alpha value is -0.149. The first-order valence-corrected chi connectivity index (χ1v) is 24.1. The van der Waals surface area contributed by atoms with Gasteiger partial charge < -0.3 is 13.3 Å². The third-order valence-electron chi connectivity index (χ3n) is 8.97. The number of allylic oxidation sites excluding steroid dienone is 2. The molecule has 0 bridgehead atoms. The average molecular weight is 521 g/mol. The first-order valence-electron chi connectivity index (χ1n) is 13.9. The van der Waals surface area contributed by atoms with Crippen LogP contribution < -0.4 is 0 Å². The Labute approximate surface area is 213 Å². The van der Waals surface area contributed by atoms with E-state index >= 15 is 0 Å². The molecule has 0 amide bonds. The molecular formula is C28H52O3Si3. The predicted octanol–water partition coefficient (Wildman–Crippen LogP) is 8.34. The summed E-state index contributed by atoms with van der Waals surface area (Å²) >= 11 is 0. The highest BCUT2D eigenvalue weighted by Gasteiger charge is 2.60. The maximum absolute atomic E-state index is 6.94. The lowest BCUT2D eigenvalue weighted by Crippen LogP contribution is -2.53. The zero-order valence-corrected chi connectivity index (χ0v) is 27.0. The summed E-state index contributed by atoms with van der Waals surface area (Å²) in [6.45, 7) is 26.0. The van der Waals surface area contributed by atoms with E-state index in [2.05, 4.69) is 84.9 Å². The molecule has 0 aliphatic heterocycles. The normalized spacial score (nSPS) is 40.6. The Bertz CT molecular complexity index is 846. The summed E-state index contributed by atoms with van der Waals surface area (Å²) in [7, 11) is -4.91. The summed E-state index contributed by atoms with van der Waals surface area (Å²) < 4.78 is 20.3. The fraction of sp³-hybridized carbons (Fsp3) is 0.857. The molecule has 2 fully saturated rings. The summed E-state index contributed by atoms with van der Waals surface area (Å²) in [4.78, 5) is 0. The van der Waals surface area contributed by atoms with Crippen molar-refractivity contribution in [3.63, 3.8) is 0 Å². The molecule has 0 N–H and O–H groups in total. The van der Waals surface area contributed by atoms with Gasteiger partial charge in [-0.1, -0.05) is 25.5 Å². The van der Waals surface area contributed by atoms with E-state index in [0.717, 1.165) is 12.3 Å². The molecule has 0 saturated heterocycles.